The number of benzene rings is 1. The molecule has 1 aromatic rings. The van der Waals surface area contributed by atoms with E-state index in [0.29, 0.717) is 12.1 Å². The molecule has 0 unspecified atom stereocenters. The molecule has 20 heavy (non-hydrogen) atoms. The van der Waals surface area contributed by atoms with Crippen molar-refractivity contribution in [3.05, 3.63) is 29.6 Å². The number of carboxylic acids is 1. The van der Waals surface area contributed by atoms with Gasteiger partial charge in [0, 0.05) is 18.7 Å². The van der Waals surface area contributed by atoms with E-state index in [1.54, 1.807) is 0 Å². The zero-order valence-corrected chi connectivity index (χ0v) is 10.1. The number of amides is 2. The summed E-state index contributed by atoms with van der Waals surface area (Å²) in [4.78, 5) is 21.4. The second-order valence-electron chi connectivity index (χ2n) is 3.57. The van der Waals surface area contributed by atoms with Gasteiger partial charge in [-0.2, -0.15) is 0 Å². The first-order valence-electron chi connectivity index (χ1n) is 5.39. The molecule has 0 spiro atoms. The van der Waals surface area contributed by atoms with Gasteiger partial charge in [0.05, 0.1) is 12.3 Å². The number of carbonyl (C=O) groups is 2. The lowest BCUT2D eigenvalue weighted by Gasteiger charge is -2.08. The zero-order valence-electron chi connectivity index (χ0n) is 10.1. The minimum atomic E-state index is -1.37. The van der Waals surface area contributed by atoms with E-state index in [9.17, 15) is 22.8 Å². The van der Waals surface area contributed by atoms with Crippen LogP contribution >= 0.6 is 0 Å². The molecule has 0 radical (unpaired) electrons. The van der Waals surface area contributed by atoms with Crippen LogP contribution in [0.4, 0.5) is 23.7 Å². The van der Waals surface area contributed by atoms with Crippen molar-refractivity contribution in [2.45, 2.75) is 0 Å². The predicted octanol–water partition coefficient (Wildman–Crippen LogP) is 1.33. The van der Waals surface area contributed by atoms with Crippen LogP contribution in [0.25, 0.3) is 0 Å². The number of hydrogen-bond donors (Lipinski definition) is 3. The third-order valence-corrected chi connectivity index (χ3v) is 2.02. The molecule has 0 aliphatic carbocycles. The average molecular weight is 292 g/mol. The Hall–Kier alpha value is -2.29. The molecule has 2 amide bonds. The van der Waals surface area contributed by atoms with Crippen LogP contribution in [-0.2, 0) is 9.53 Å². The molecule has 0 saturated heterocycles. The largest absolute Gasteiger partial charge is 0.480 e. The molecule has 0 atom stereocenters. The molecule has 3 N–H and O–H groups in total. The van der Waals surface area contributed by atoms with Gasteiger partial charge in [-0.1, -0.05) is 0 Å². The van der Waals surface area contributed by atoms with E-state index in [4.69, 9.17) is 5.11 Å². The van der Waals surface area contributed by atoms with Crippen molar-refractivity contribution >= 4 is 17.7 Å². The number of ether oxygens (including phenoxy) is 1. The van der Waals surface area contributed by atoms with E-state index in [2.05, 4.69) is 10.1 Å². The molecule has 6 nitrogen and oxygen atoms in total. The van der Waals surface area contributed by atoms with E-state index >= 15 is 0 Å². The number of aliphatic carboxylic acids is 1. The van der Waals surface area contributed by atoms with Crippen LogP contribution in [-0.4, -0.2) is 36.9 Å². The molecule has 9 heteroatoms. The lowest BCUT2D eigenvalue weighted by molar-refractivity contribution is -0.142. The van der Waals surface area contributed by atoms with Crippen molar-refractivity contribution in [2.75, 3.05) is 25.1 Å². The summed E-state index contributed by atoms with van der Waals surface area (Å²) in [6.07, 6.45) is 0. The highest BCUT2D eigenvalue weighted by Crippen LogP contribution is 2.18. The van der Waals surface area contributed by atoms with Crippen molar-refractivity contribution in [3.63, 3.8) is 0 Å². The van der Waals surface area contributed by atoms with E-state index in [1.807, 2.05) is 5.32 Å². The fourth-order valence-electron chi connectivity index (χ4n) is 1.18. The van der Waals surface area contributed by atoms with Gasteiger partial charge < -0.3 is 20.5 Å². The molecule has 1 aromatic carbocycles. The number of nitrogens with one attached hydrogen (secondary N) is 2. The summed E-state index contributed by atoms with van der Waals surface area (Å²) in [5.74, 6) is -4.94. The van der Waals surface area contributed by atoms with Crippen molar-refractivity contribution < 1.29 is 32.6 Å². The first-order chi connectivity index (χ1) is 9.40. The number of hydrogen-bond acceptors (Lipinski definition) is 3. The minimum Gasteiger partial charge on any atom is -0.480 e. The van der Waals surface area contributed by atoms with Crippen LogP contribution in [0, 0.1) is 17.5 Å². The maximum Gasteiger partial charge on any atom is 0.329 e. The standard InChI is InChI=1S/C11H11F3N2O4/c12-6-3-8(14)9(4-7(6)13)16-11(19)15-1-2-20-5-10(17)18/h3-4H,1-2,5H2,(H,17,18)(H2,15,16,19). The van der Waals surface area contributed by atoms with Crippen LogP contribution < -0.4 is 10.6 Å². The SMILES string of the molecule is O=C(O)COCCNC(=O)Nc1cc(F)c(F)cc1F. The Bertz CT molecular complexity index is 511. The molecule has 0 aromatic heterocycles. The Morgan fingerprint density at radius 3 is 2.45 bits per heavy atom. The first kappa shape index (κ1) is 15.8. The summed E-state index contributed by atoms with van der Waals surface area (Å²) in [7, 11) is 0. The molecule has 0 heterocycles. The van der Waals surface area contributed by atoms with Gasteiger partial charge in [0.25, 0.3) is 0 Å². The maximum absolute atomic E-state index is 13.2. The van der Waals surface area contributed by atoms with Crippen molar-refractivity contribution in [1.29, 1.82) is 0 Å². The Balaban J connectivity index is 2.39. The zero-order chi connectivity index (χ0) is 15.1. The Labute approximate surface area is 111 Å². The highest BCUT2D eigenvalue weighted by Gasteiger charge is 2.11. The van der Waals surface area contributed by atoms with Gasteiger partial charge in [-0.05, 0) is 0 Å². The monoisotopic (exact) mass is 292 g/mol. The van der Waals surface area contributed by atoms with E-state index in [1.165, 1.54) is 0 Å². The van der Waals surface area contributed by atoms with E-state index in [0.717, 1.165) is 0 Å². The smallest absolute Gasteiger partial charge is 0.329 e. The molecule has 0 bridgehead atoms. The van der Waals surface area contributed by atoms with Gasteiger partial charge in [-0.3, -0.25) is 0 Å². The van der Waals surface area contributed by atoms with Crippen LogP contribution in [0.2, 0.25) is 0 Å². The van der Waals surface area contributed by atoms with Crippen LogP contribution in [0.15, 0.2) is 12.1 Å². The Morgan fingerprint density at radius 1 is 1.15 bits per heavy atom. The number of anilines is 1. The minimum absolute atomic E-state index is 0.0373. The fraction of sp³-hybridized carbons (Fsp3) is 0.273. The molecule has 0 aliphatic rings. The van der Waals surface area contributed by atoms with Gasteiger partial charge in [-0.25, -0.2) is 22.8 Å². The topological polar surface area (TPSA) is 87.7 Å². The summed E-state index contributed by atoms with van der Waals surface area (Å²) >= 11 is 0. The van der Waals surface area contributed by atoms with Crippen LogP contribution in [0.1, 0.15) is 0 Å². The quantitative estimate of drug-likeness (QED) is 0.545. The van der Waals surface area contributed by atoms with Gasteiger partial charge in [0.2, 0.25) is 0 Å². The maximum atomic E-state index is 13.2. The summed E-state index contributed by atoms with van der Waals surface area (Å²) in [5, 5.41) is 12.5. The van der Waals surface area contributed by atoms with Gasteiger partial charge in [0.1, 0.15) is 12.4 Å². The van der Waals surface area contributed by atoms with Crippen molar-refractivity contribution in [3.8, 4) is 0 Å². The third kappa shape index (κ3) is 5.14. The van der Waals surface area contributed by atoms with E-state index < -0.39 is 41.7 Å². The Morgan fingerprint density at radius 2 is 1.80 bits per heavy atom. The number of carbonyl (C=O) groups excluding carboxylic acids is 1. The van der Waals surface area contributed by atoms with Crippen LogP contribution in [0.5, 0.6) is 0 Å². The summed E-state index contributed by atoms with van der Waals surface area (Å²) in [5.41, 5.74) is -0.521. The van der Waals surface area contributed by atoms with Gasteiger partial charge in [0.15, 0.2) is 11.6 Å². The number of carboxylic acid groups (broad SMARTS) is 1. The predicted molar refractivity (Wildman–Crippen MR) is 61.8 cm³/mol. The normalized spacial score (nSPS) is 10.2. The average Bonchev–Trinajstić information content (AvgIpc) is 2.35. The highest BCUT2D eigenvalue weighted by atomic mass is 19.2. The molecular weight excluding hydrogens is 281 g/mol. The second kappa shape index (κ2) is 7.34. The lowest BCUT2D eigenvalue weighted by Crippen LogP contribution is -2.32. The molecule has 0 saturated carbocycles. The number of urea groups is 1. The van der Waals surface area contributed by atoms with Crippen LogP contribution in [0.3, 0.4) is 0 Å². The highest BCUT2D eigenvalue weighted by molar-refractivity contribution is 5.89. The van der Waals surface area contributed by atoms with E-state index in [-0.39, 0.29) is 13.2 Å². The second-order valence-corrected chi connectivity index (χ2v) is 3.57. The molecule has 1 rings (SSSR count). The molecule has 0 fully saturated rings. The molecule has 0 aliphatic heterocycles. The van der Waals surface area contributed by atoms with Crippen molar-refractivity contribution in [2.24, 2.45) is 0 Å². The first-order valence-corrected chi connectivity index (χ1v) is 5.39. The van der Waals surface area contributed by atoms with Gasteiger partial charge >= 0.3 is 12.0 Å². The summed E-state index contributed by atoms with van der Waals surface area (Å²) in [6.45, 7) is -0.620. The Kier molecular flexibility index (Phi) is 5.78. The van der Waals surface area contributed by atoms with Gasteiger partial charge in [-0.15, -0.1) is 0 Å². The summed E-state index contributed by atoms with van der Waals surface area (Å²) in [6, 6.07) is -0.0552. The number of rotatable bonds is 6. The number of halogens is 3. The lowest BCUT2D eigenvalue weighted by atomic mass is 10.3. The summed E-state index contributed by atoms with van der Waals surface area (Å²) < 4.78 is 43.3. The fourth-order valence-corrected chi connectivity index (χ4v) is 1.18. The van der Waals surface area contributed by atoms with Crippen molar-refractivity contribution in [1.82, 2.24) is 5.32 Å². The third-order valence-electron chi connectivity index (χ3n) is 2.02. The molecular formula is C11H11F3N2O4. The molecule has 110 valence electrons.